The predicted octanol–water partition coefficient (Wildman–Crippen LogP) is 0.179. The molecular formula is C8H15N3O. The molecule has 1 aromatic rings. The topological polar surface area (TPSA) is 63.8 Å². The fraction of sp³-hybridized carbons (Fsp3) is 0.625. The molecule has 0 unspecified atom stereocenters. The van der Waals surface area contributed by atoms with Crippen LogP contribution < -0.4 is 11.4 Å². The normalized spacial score (nSPS) is 12.0. The zero-order valence-electron chi connectivity index (χ0n) is 7.72. The Hall–Kier alpha value is -1.03. The van der Waals surface area contributed by atoms with Crippen molar-refractivity contribution in [3.05, 3.63) is 22.4 Å². The van der Waals surface area contributed by atoms with Crippen LogP contribution in [0.1, 0.15) is 19.5 Å². The average molecular weight is 169 g/mol. The molecule has 0 aromatic carbocycles. The highest BCUT2D eigenvalue weighted by Crippen LogP contribution is 2.11. The smallest absolute Gasteiger partial charge is 0.326 e. The first-order valence-electron chi connectivity index (χ1n) is 3.96. The molecule has 0 aliphatic heterocycles. The third-order valence-electron chi connectivity index (χ3n) is 2.07. The van der Waals surface area contributed by atoms with Crippen LogP contribution in [0, 0.1) is 6.92 Å². The van der Waals surface area contributed by atoms with Crippen LogP contribution in [0.4, 0.5) is 0 Å². The molecule has 68 valence electrons. The molecular weight excluding hydrogens is 154 g/mol. The molecule has 0 saturated carbocycles. The van der Waals surface area contributed by atoms with Crippen LogP contribution in [0.25, 0.3) is 0 Å². The van der Waals surface area contributed by atoms with E-state index in [9.17, 15) is 4.79 Å². The summed E-state index contributed by atoms with van der Waals surface area (Å²) in [4.78, 5) is 13.9. The zero-order chi connectivity index (χ0) is 9.35. The molecule has 0 aliphatic rings. The van der Waals surface area contributed by atoms with Crippen molar-refractivity contribution < 1.29 is 0 Å². The van der Waals surface area contributed by atoms with E-state index in [0.29, 0.717) is 6.54 Å². The number of aromatic nitrogens is 2. The number of H-pyrrole nitrogens is 1. The highest BCUT2D eigenvalue weighted by Gasteiger charge is 2.21. The van der Waals surface area contributed by atoms with Gasteiger partial charge in [0.05, 0.1) is 5.54 Å². The van der Waals surface area contributed by atoms with Gasteiger partial charge in [-0.05, 0) is 20.8 Å². The van der Waals surface area contributed by atoms with Gasteiger partial charge in [-0.3, -0.25) is 4.57 Å². The van der Waals surface area contributed by atoms with Crippen LogP contribution in [0.15, 0.2) is 11.0 Å². The number of aryl methyl sites for hydroxylation is 1. The zero-order valence-corrected chi connectivity index (χ0v) is 7.72. The van der Waals surface area contributed by atoms with E-state index < -0.39 is 0 Å². The van der Waals surface area contributed by atoms with Crippen molar-refractivity contribution in [1.82, 2.24) is 9.55 Å². The number of rotatable bonds is 2. The van der Waals surface area contributed by atoms with Gasteiger partial charge < -0.3 is 10.7 Å². The highest BCUT2D eigenvalue weighted by molar-refractivity contribution is 5.00. The first-order chi connectivity index (χ1) is 5.49. The second kappa shape index (κ2) is 2.79. The summed E-state index contributed by atoms with van der Waals surface area (Å²) in [5.41, 5.74) is 6.08. The minimum absolute atomic E-state index is 0.0945. The number of nitrogens with two attached hydrogens (primary N) is 1. The Bertz CT molecular complexity index is 321. The maximum absolute atomic E-state index is 11.3. The van der Waals surface area contributed by atoms with Crippen molar-refractivity contribution in [2.75, 3.05) is 6.54 Å². The molecule has 0 atom stereocenters. The van der Waals surface area contributed by atoms with Crippen molar-refractivity contribution >= 4 is 0 Å². The largest absolute Gasteiger partial charge is 0.328 e. The molecule has 0 amide bonds. The lowest BCUT2D eigenvalue weighted by Gasteiger charge is -2.24. The molecule has 0 spiro atoms. The third kappa shape index (κ3) is 1.30. The molecule has 4 heteroatoms. The van der Waals surface area contributed by atoms with Gasteiger partial charge in [-0.1, -0.05) is 0 Å². The fourth-order valence-electron chi connectivity index (χ4n) is 1.30. The lowest BCUT2D eigenvalue weighted by Crippen LogP contribution is -2.41. The Balaban J connectivity index is 3.26. The molecule has 0 bridgehead atoms. The van der Waals surface area contributed by atoms with Crippen LogP contribution in [0.2, 0.25) is 0 Å². The maximum atomic E-state index is 11.3. The lowest BCUT2D eigenvalue weighted by atomic mass is 10.1. The molecule has 1 heterocycles. The predicted molar refractivity (Wildman–Crippen MR) is 48.2 cm³/mol. The summed E-state index contributed by atoms with van der Waals surface area (Å²) < 4.78 is 1.67. The summed E-state index contributed by atoms with van der Waals surface area (Å²) in [5.74, 6) is 0. The first kappa shape index (κ1) is 9.06. The summed E-state index contributed by atoms with van der Waals surface area (Å²) >= 11 is 0. The van der Waals surface area contributed by atoms with E-state index in [0.717, 1.165) is 5.69 Å². The molecule has 4 nitrogen and oxygen atoms in total. The number of aromatic amines is 1. The minimum Gasteiger partial charge on any atom is -0.328 e. The molecule has 0 aliphatic carbocycles. The minimum atomic E-state index is -0.304. The Kier molecular flexibility index (Phi) is 2.10. The van der Waals surface area contributed by atoms with Crippen molar-refractivity contribution in [3.8, 4) is 0 Å². The second-order valence-corrected chi connectivity index (χ2v) is 3.59. The monoisotopic (exact) mass is 169 g/mol. The van der Waals surface area contributed by atoms with E-state index in [1.165, 1.54) is 0 Å². The van der Waals surface area contributed by atoms with E-state index in [1.807, 2.05) is 20.8 Å². The van der Waals surface area contributed by atoms with Gasteiger partial charge in [-0.2, -0.15) is 0 Å². The summed E-state index contributed by atoms with van der Waals surface area (Å²) in [6.07, 6.45) is 1.69. The number of nitrogens with zero attached hydrogens (tertiary/aromatic N) is 1. The molecule has 12 heavy (non-hydrogen) atoms. The fourth-order valence-corrected chi connectivity index (χ4v) is 1.30. The number of nitrogens with one attached hydrogen (secondary N) is 1. The molecule has 0 saturated heterocycles. The quantitative estimate of drug-likeness (QED) is 0.663. The van der Waals surface area contributed by atoms with E-state index in [4.69, 9.17) is 5.73 Å². The SMILES string of the molecule is Cc1c[nH]c(=O)n1C(C)(C)CN. The highest BCUT2D eigenvalue weighted by atomic mass is 16.1. The van der Waals surface area contributed by atoms with Crippen LogP contribution in [0.3, 0.4) is 0 Å². The van der Waals surface area contributed by atoms with Gasteiger partial charge in [-0.25, -0.2) is 4.79 Å². The number of imidazole rings is 1. The van der Waals surface area contributed by atoms with Crippen molar-refractivity contribution in [1.29, 1.82) is 0 Å². The molecule has 1 aromatic heterocycles. The maximum Gasteiger partial charge on any atom is 0.326 e. The van der Waals surface area contributed by atoms with Crippen LogP contribution in [-0.2, 0) is 5.54 Å². The summed E-state index contributed by atoms with van der Waals surface area (Å²) in [5, 5.41) is 0. The van der Waals surface area contributed by atoms with Crippen LogP contribution in [0.5, 0.6) is 0 Å². The van der Waals surface area contributed by atoms with Crippen molar-refractivity contribution in [3.63, 3.8) is 0 Å². The van der Waals surface area contributed by atoms with Crippen LogP contribution in [-0.4, -0.2) is 16.1 Å². The Morgan fingerprint density at radius 2 is 2.25 bits per heavy atom. The Labute approximate surface area is 71.4 Å². The van der Waals surface area contributed by atoms with Crippen molar-refractivity contribution in [2.45, 2.75) is 26.3 Å². The molecule has 0 fully saturated rings. The number of hydrogen-bond acceptors (Lipinski definition) is 2. The lowest BCUT2D eigenvalue weighted by molar-refractivity contribution is 0.350. The third-order valence-corrected chi connectivity index (χ3v) is 2.07. The van der Waals surface area contributed by atoms with Gasteiger partial charge in [0.25, 0.3) is 0 Å². The van der Waals surface area contributed by atoms with E-state index in [2.05, 4.69) is 4.98 Å². The summed E-state index contributed by atoms with van der Waals surface area (Å²) in [6.45, 7) is 6.21. The van der Waals surface area contributed by atoms with Gasteiger partial charge in [0, 0.05) is 18.4 Å². The van der Waals surface area contributed by atoms with Gasteiger partial charge >= 0.3 is 5.69 Å². The molecule has 0 radical (unpaired) electrons. The molecule has 3 N–H and O–H groups in total. The van der Waals surface area contributed by atoms with Gasteiger partial charge in [0.15, 0.2) is 0 Å². The van der Waals surface area contributed by atoms with E-state index >= 15 is 0 Å². The van der Waals surface area contributed by atoms with E-state index in [-0.39, 0.29) is 11.2 Å². The summed E-state index contributed by atoms with van der Waals surface area (Å²) in [7, 11) is 0. The molecule has 1 rings (SSSR count). The number of hydrogen-bond donors (Lipinski definition) is 2. The van der Waals surface area contributed by atoms with Gasteiger partial charge in [0.1, 0.15) is 0 Å². The average Bonchev–Trinajstić information content (AvgIpc) is 2.31. The van der Waals surface area contributed by atoms with Crippen LogP contribution >= 0.6 is 0 Å². The Morgan fingerprint density at radius 3 is 2.58 bits per heavy atom. The first-order valence-corrected chi connectivity index (χ1v) is 3.96. The van der Waals surface area contributed by atoms with Gasteiger partial charge in [-0.15, -0.1) is 0 Å². The van der Waals surface area contributed by atoms with E-state index in [1.54, 1.807) is 10.8 Å². The van der Waals surface area contributed by atoms with Crippen molar-refractivity contribution in [2.24, 2.45) is 5.73 Å². The summed E-state index contributed by atoms with van der Waals surface area (Å²) in [6, 6.07) is 0. The second-order valence-electron chi connectivity index (χ2n) is 3.59. The Morgan fingerprint density at radius 1 is 1.67 bits per heavy atom. The van der Waals surface area contributed by atoms with Gasteiger partial charge in [0.2, 0.25) is 0 Å². The standard InChI is InChI=1S/C8H15N3O/c1-6-4-10-7(12)11(6)8(2,3)5-9/h4H,5,9H2,1-3H3,(H,10,12).